The third-order valence-corrected chi connectivity index (χ3v) is 18.0. The summed E-state index contributed by atoms with van der Waals surface area (Å²) in [6.45, 7) is 58.1. The Morgan fingerprint density at radius 1 is 0.376 bits per heavy atom. The lowest BCUT2D eigenvalue weighted by Gasteiger charge is -2.04. The Morgan fingerprint density at radius 2 is 0.667 bits per heavy atom. The number of alkyl halides is 1. The van der Waals surface area contributed by atoms with Crippen molar-refractivity contribution in [2.45, 2.75) is 247 Å². The number of fused-ring (bicyclic) bond motifs is 2. The predicted octanol–water partition coefficient (Wildman–Crippen LogP) is 34.6. The summed E-state index contributed by atoms with van der Waals surface area (Å²) in [5.74, 6) is 5.18. The van der Waals surface area contributed by atoms with E-state index in [1.807, 2.05) is 162 Å². The Kier molecular flexibility index (Phi) is 76.1. The van der Waals surface area contributed by atoms with E-state index in [0.717, 1.165) is 17.8 Å². The van der Waals surface area contributed by atoms with Crippen LogP contribution in [-0.4, -0.2) is 48.5 Å². The quantitative estimate of drug-likeness (QED) is 0.0992. The summed E-state index contributed by atoms with van der Waals surface area (Å²) >= 11 is 8.39. The number of hydrogen-bond donors (Lipinski definition) is 3. The van der Waals surface area contributed by atoms with E-state index in [1.165, 1.54) is 76.8 Å². The maximum Gasteiger partial charge on any atom is 0.411 e. The Morgan fingerprint density at radius 3 is 0.932 bits per heavy atom. The molecule has 0 unspecified atom stereocenters. The highest BCUT2D eigenvalue weighted by Gasteiger charge is 2.07. The van der Waals surface area contributed by atoms with E-state index in [1.54, 1.807) is 32.2 Å². The van der Waals surface area contributed by atoms with Crippen LogP contribution in [0.2, 0.25) is 0 Å². The zero-order chi connectivity index (χ0) is 89.0. The molecule has 12 rings (SSSR count). The zero-order valence-electron chi connectivity index (χ0n) is 77.2. The second kappa shape index (κ2) is 78.0. The Bertz CT molecular complexity index is 3680. The monoisotopic (exact) mass is 1650 g/mol. The minimum Gasteiger partial charge on any atom is -0.450 e. The van der Waals surface area contributed by atoms with Gasteiger partial charge in [-0.3, -0.25) is 15.6 Å². The van der Waals surface area contributed by atoms with Crippen molar-refractivity contribution in [3.05, 3.63) is 341 Å². The van der Waals surface area contributed by atoms with Crippen LogP contribution in [0.5, 0.6) is 0 Å². The molecule has 12 aromatic rings. The molecule has 3 aromatic heterocycles. The third kappa shape index (κ3) is 59.2. The molecule has 11 heteroatoms. The number of aliphatic hydroxyl groups excluding tert-OH is 1. The first-order chi connectivity index (χ1) is 56.4. The molecule has 642 valence electrons. The summed E-state index contributed by atoms with van der Waals surface area (Å²) in [4.78, 5) is 27.4. The summed E-state index contributed by atoms with van der Waals surface area (Å²) in [7, 11) is 0. The number of aromatic nitrogens is 1. The number of hydrogen-bond acceptors (Lipinski definition) is 8. The number of carbonyl (C=O) groups excluding carboxylic acids is 2. The molecule has 117 heavy (non-hydrogen) atoms. The average molecular weight is 1650 g/mol. The van der Waals surface area contributed by atoms with Gasteiger partial charge in [-0.25, -0.2) is 9.59 Å². The number of rotatable bonds is 13. The van der Waals surface area contributed by atoms with Crippen molar-refractivity contribution in [3.8, 4) is 0 Å². The Balaban J connectivity index is -0.000000597. The number of thiophene rings is 2. The molecular weight excluding hydrogens is 1490 g/mol. The lowest BCUT2D eigenvalue weighted by molar-refractivity contribution is 0.161. The second-order valence-corrected chi connectivity index (χ2v) is 29.8. The molecule has 0 spiro atoms. The highest BCUT2D eigenvalue weighted by molar-refractivity contribution is 7.19. The van der Waals surface area contributed by atoms with Gasteiger partial charge in [0.05, 0.1) is 13.2 Å². The largest absolute Gasteiger partial charge is 0.450 e. The molecule has 0 saturated carbocycles. The van der Waals surface area contributed by atoms with Crippen molar-refractivity contribution in [2.75, 3.05) is 36.8 Å². The number of carbonyl (C=O) groups is 2. The molecule has 9 aromatic carbocycles. The molecule has 0 aliphatic carbocycles. The minimum atomic E-state index is -0.413. The smallest absolute Gasteiger partial charge is 0.411 e. The summed E-state index contributed by atoms with van der Waals surface area (Å²) in [6, 6.07) is 94.5. The molecule has 8 nitrogen and oxygen atoms in total. The first-order valence-electron chi connectivity index (χ1n) is 42.4. The van der Waals surface area contributed by atoms with Gasteiger partial charge in [0.15, 0.2) is 0 Å². The first kappa shape index (κ1) is 114. The van der Waals surface area contributed by atoms with Crippen LogP contribution < -0.4 is 10.6 Å². The molecule has 3 heterocycles. The van der Waals surface area contributed by atoms with Gasteiger partial charge in [0.1, 0.15) is 0 Å². The van der Waals surface area contributed by atoms with E-state index in [2.05, 4.69) is 339 Å². The average Bonchev–Trinajstić information content (AvgIpc) is 1.67. The highest BCUT2D eigenvalue weighted by Crippen LogP contribution is 2.32. The standard InChI is InChI=1S/2C11H12S.C10H13NO2.C9H11NO2.5C9H12.C8H11N.C3H8.C2H6O.3C2H6.CH3Cl/c1-8(2)10-7-12-11-6-4-3-5-9(10)11;1-8(2)11-7-9-5-3-4-6-10(9)12-11;1-2-8-13-10(12)11-9-6-4-3-5-7-9;1-2-12-9(11)10-8-6-4-3-5-7-8;5*1-8(2)9-6-4-3-5-7-9;1-7(2)8-4-3-5-9-6-8;1-3-2;1-2-3;4*1-2/h2*3-8H,1-2H3;3-7H,2,8H2,1H3,(H,11,12);3-7H,2H2,1H3,(H,10,11);5*3-8H,1-2H3;3-7H,1-2H3;3H2,1-2H3;3H,2H2,1H3;3*1-2H3;1H3. The molecule has 0 fully saturated rings. The number of ether oxygens (including phenoxy) is 2. The summed E-state index contributed by atoms with van der Waals surface area (Å²) in [6.07, 6.45) is 6.45. The highest BCUT2D eigenvalue weighted by atomic mass is 35.5. The topological polar surface area (TPSA) is 110 Å². The van der Waals surface area contributed by atoms with Gasteiger partial charge in [-0.15, -0.1) is 34.3 Å². The second-order valence-electron chi connectivity index (χ2n) is 27.8. The molecule has 0 bridgehead atoms. The predicted molar refractivity (Wildman–Crippen MR) is 526 cm³/mol. The molecule has 0 atom stereocenters. The zero-order valence-corrected chi connectivity index (χ0v) is 79.6. The van der Waals surface area contributed by atoms with Gasteiger partial charge in [0.2, 0.25) is 0 Å². The summed E-state index contributed by atoms with van der Waals surface area (Å²) < 4.78 is 12.3. The normalized spacial score (nSPS) is 9.45. The fraction of sp³-hybridized carbons (Fsp3) is 0.387. The minimum absolute atomic E-state index is 0.250. The molecule has 0 saturated heterocycles. The fourth-order valence-corrected chi connectivity index (χ4v) is 11.5. The van der Waals surface area contributed by atoms with Crippen LogP contribution in [0.3, 0.4) is 0 Å². The van der Waals surface area contributed by atoms with E-state index in [0.29, 0.717) is 60.6 Å². The number of aliphatic hydroxyl groups is 1. The third-order valence-electron chi connectivity index (χ3n) is 15.6. The molecule has 3 N–H and O–H groups in total. The number of halogens is 1. The number of nitrogens with zero attached hydrogens (tertiary/aromatic N) is 1. The van der Waals surface area contributed by atoms with E-state index >= 15 is 0 Å². The number of pyridine rings is 1. The van der Waals surface area contributed by atoms with Gasteiger partial charge in [0.25, 0.3) is 0 Å². The van der Waals surface area contributed by atoms with Crippen molar-refractivity contribution in [1.29, 1.82) is 0 Å². The van der Waals surface area contributed by atoms with Gasteiger partial charge in [-0.1, -0.05) is 410 Å². The van der Waals surface area contributed by atoms with Crippen LogP contribution in [0.15, 0.2) is 297 Å². The van der Waals surface area contributed by atoms with Crippen molar-refractivity contribution in [3.63, 3.8) is 0 Å². The van der Waals surface area contributed by atoms with Crippen LogP contribution in [0.4, 0.5) is 21.0 Å². The maximum absolute atomic E-state index is 11.0. The molecule has 0 aliphatic heterocycles. The summed E-state index contributed by atoms with van der Waals surface area (Å²) in [5.41, 5.74) is 11.4. The van der Waals surface area contributed by atoms with Crippen molar-refractivity contribution in [2.24, 2.45) is 0 Å². The SMILES string of the molecule is CC.CC.CC.CC(C)c1cc2ccccc2s1.CC(C)c1ccccc1.CC(C)c1ccccc1.CC(C)c1ccccc1.CC(C)c1ccccc1.CC(C)c1ccccc1.CC(C)c1cccnc1.CC(C)c1csc2ccccc12.CCC.CCCOC(=O)Nc1ccccc1.CCO.CCOC(=O)Nc1ccccc1.CCl. The van der Waals surface area contributed by atoms with Gasteiger partial charge in [0, 0.05) is 51.0 Å². The maximum atomic E-state index is 11.0. The van der Waals surface area contributed by atoms with Crippen molar-refractivity contribution >= 4 is 78.0 Å². The van der Waals surface area contributed by atoms with Gasteiger partial charge >= 0.3 is 12.2 Å². The van der Waals surface area contributed by atoms with Crippen molar-refractivity contribution in [1.82, 2.24) is 4.98 Å². The number of para-hydroxylation sites is 2. The molecular formula is C106H154ClN3O5S2. The first-order valence-corrected chi connectivity index (χ1v) is 44.9. The van der Waals surface area contributed by atoms with Gasteiger partial charge in [-0.2, -0.15) is 0 Å². The van der Waals surface area contributed by atoms with Crippen LogP contribution in [0.25, 0.3) is 20.2 Å². The molecule has 0 aliphatic rings. The summed E-state index contributed by atoms with van der Waals surface area (Å²) in [5, 5.41) is 17.8. The van der Waals surface area contributed by atoms with Crippen LogP contribution >= 0.6 is 34.3 Å². The molecule has 2 amide bonds. The molecule has 0 radical (unpaired) electrons. The Hall–Kier alpha value is -9.16. The number of nitrogens with one attached hydrogen (secondary N) is 2. The van der Waals surface area contributed by atoms with E-state index in [-0.39, 0.29) is 6.61 Å². The number of benzene rings is 9. The van der Waals surface area contributed by atoms with E-state index < -0.39 is 12.2 Å². The van der Waals surface area contributed by atoms with Crippen molar-refractivity contribution < 1.29 is 24.2 Å². The van der Waals surface area contributed by atoms with Crippen LogP contribution in [-0.2, 0) is 9.47 Å². The Labute approximate surface area is 726 Å². The van der Waals surface area contributed by atoms with E-state index in [4.69, 9.17) is 14.6 Å². The number of amides is 2. The number of anilines is 2. The van der Waals surface area contributed by atoms with Gasteiger partial charge in [-0.05, 0) is 171 Å². The van der Waals surface area contributed by atoms with Crippen LogP contribution in [0, 0.1) is 0 Å². The lowest BCUT2D eigenvalue weighted by atomic mass is 10.0. The fourth-order valence-electron chi connectivity index (χ4n) is 9.32. The van der Waals surface area contributed by atoms with Gasteiger partial charge < -0.3 is 14.6 Å². The van der Waals surface area contributed by atoms with Crippen LogP contribution in [0.1, 0.15) is 291 Å². The van der Waals surface area contributed by atoms with E-state index in [9.17, 15) is 9.59 Å². The lowest BCUT2D eigenvalue weighted by Crippen LogP contribution is -2.13.